The molecule has 1 fully saturated rings. The van der Waals surface area contributed by atoms with Crippen LogP contribution < -0.4 is 0 Å². The number of likely N-dealkylation sites (tertiary alicyclic amines) is 1. The Morgan fingerprint density at radius 3 is 2.60 bits per heavy atom. The van der Waals surface area contributed by atoms with Crippen LogP contribution in [0.2, 0.25) is 10.0 Å². The molecule has 1 aliphatic heterocycles. The fraction of sp³-hybridized carbons (Fsp3) is 0.318. The second-order valence-corrected chi connectivity index (χ2v) is 8.35. The van der Waals surface area contributed by atoms with Crippen LogP contribution in [0.5, 0.6) is 0 Å². The SMILES string of the molecule is Cc1nnc([C@H]2CCCN2C(=O)Cc2ccc(Cl)cc2F)n1Cc1ccc(Cl)cc1. The molecule has 2 heterocycles. The molecule has 30 heavy (non-hydrogen) atoms. The quantitative estimate of drug-likeness (QED) is 0.554. The first-order valence-electron chi connectivity index (χ1n) is 9.80. The topological polar surface area (TPSA) is 51.0 Å². The third-order valence-corrected chi connectivity index (χ3v) is 5.93. The normalized spacial score (nSPS) is 16.3. The molecule has 5 nitrogen and oxygen atoms in total. The van der Waals surface area contributed by atoms with Gasteiger partial charge in [0.05, 0.1) is 19.0 Å². The number of halogens is 3. The minimum atomic E-state index is -0.464. The minimum Gasteiger partial charge on any atom is -0.332 e. The Balaban J connectivity index is 1.56. The predicted octanol–water partition coefficient (Wildman–Crippen LogP) is 4.99. The van der Waals surface area contributed by atoms with Crippen molar-refractivity contribution in [1.82, 2.24) is 19.7 Å². The van der Waals surface area contributed by atoms with Crippen molar-refractivity contribution in [3.8, 4) is 0 Å². The second-order valence-electron chi connectivity index (χ2n) is 7.48. The van der Waals surface area contributed by atoms with Crippen LogP contribution in [0.25, 0.3) is 0 Å². The molecule has 1 aliphatic rings. The van der Waals surface area contributed by atoms with E-state index in [1.165, 1.54) is 6.07 Å². The maximum absolute atomic E-state index is 14.2. The standard InChI is InChI=1S/C22H21Cl2FN4O/c1-14-26-27-22(29(14)13-15-4-7-17(23)8-5-15)20-3-2-10-28(20)21(30)11-16-6-9-18(24)12-19(16)25/h4-9,12,20H,2-3,10-11,13H2,1H3/t20-/m1/s1. The van der Waals surface area contributed by atoms with Gasteiger partial charge in [-0.2, -0.15) is 0 Å². The van der Waals surface area contributed by atoms with Gasteiger partial charge >= 0.3 is 0 Å². The summed E-state index contributed by atoms with van der Waals surface area (Å²) in [5, 5.41) is 9.63. The van der Waals surface area contributed by atoms with Gasteiger partial charge in [0.25, 0.3) is 0 Å². The van der Waals surface area contributed by atoms with Gasteiger partial charge < -0.3 is 9.47 Å². The van der Waals surface area contributed by atoms with Crippen molar-refractivity contribution in [3.63, 3.8) is 0 Å². The number of aryl methyl sites for hydroxylation is 1. The van der Waals surface area contributed by atoms with Crippen molar-refractivity contribution >= 4 is 29.1 Å². The van der Waals surface area contributed by atoms with Gasteiger partial charge in [0, 0.05) is 16.6 Å². The summed E-state index contributed by atoms with van der Waals surface area (Å²) in [4.78, 5) is 14.8. The molecule has 8 heteroatoms. The lowest BCUT2D eigenvalue weighted by Gasteiger charge is -2.25. The first-order chi connectivity index (χ1) is 14.4. The summed E-state index contributed by atoms with van der Waals surface area (Å²) in [6, 6.07) is 11.8. The summed E-state index contributed by atoms with van der Waals surface area (Å²) < 4.78 is 16.2. The molecule has 0 radical (unpaired) electrons. The Labute approximate surface area is 184 Å². The maximum atomic E-state index is 14.2. The maximum Gasteiger partial charge on any atom is 0.227 e. The van der Waals surface area contributed by atoms with Crippen LogP contribution >= 0.6 is 23.2 Å². The van der Waals surface area contributed by atoms with Gasteiger partial charge in [-0.1, -0.05) is 41.4 Å². The van der Waals surface area contributed by atoms with E-state index in [1.54, 1.807) is 17.0 Å². The molecule has 0 saturated carbocycles. The Morgan fingerprint density at radius 1 is 1.13 bits per heavy atom. The van der Waals surface area contributed by atoms with E-state index in [-0.39, 0.29) is 18.4 Å². The summed E-state index contributed by atoms with van der Waals surface area (Å²) in [5.74, 6) is 0.943. The van der Waals surface area contributed by atoms with Crippen molar-refractivity contribution in [2.24, 2.45) is 0 Å². The van der Waals surface area contributed by atoms with E-state index in [1.807, 2.05) is 35.8 Å². The summed E-state index contributed by atoms with van der Waals surface area (Å²) in [6.45, 7) is 3.11. The fourth-order valence-electron chi connectivity index (χ4n) is 3.87. The summed E-state index contributed by atoms with van der Waals surface area (Å²) in [5.41, 5.74) is 1.41. The number of hydrogen-bond donors (Lipinski definition) is 0. The van der Waals surface area contributed by atoms with Crippen LogP contribution in [0.4, 0.5) is 4.39 Å². The van der Waals surface area contributed by atoms with Crippen LogP contribution in [0.1, 0.15) is 41.7 Å². The molecule has 1 amide bonds. The number of hydrogen-bond acceptors (Lipinski definition) is 3. The highest BCUT2D eigenvalue weighted by molar-refractivity contribution is 6.30. The second kappa shape index (κ2) is 8.74. The summed E-state index contributed by atoms with van der Waals surface area (Å²) in [7, 11) is 0. The molecule has 1 atom stereocenters. The van der Waals surface area contributed by atoms with Gasteiger partial charge in [-0.05, 0) is 55.2 Å². The number of amides is 1. The average molecular weight is 447 g/mol. The van der Waals surface area contributed by atoms with Crippen LogP contribution in [-0.4, -0.2) is 32.1 Å². The van der Waals surface area contributed by atoms with Crippen molar-refractivity contribution in [2.75, 3.05) is 6.54 Å². The van der Waals surface area contributed by atoms with Crippen molar-refractivity contribution < 1.29 is 9.18 Å². The number of carbonyl (C=O) groups is 1. The Morgan fingerprint density at radius 2 is 1.87 bits per heavy atom. The van der Waals surface area contributed by atoms with Gasteiger partial charge in [-0.3, -0.25) is 4.79 Å². The van der Waals surface area contributed by atoms with E-state index < -0.39 is 5.82 Å². The molecule has 1 aromatic heterocycles. The molecule has 0 unspecified atom stereocenters. The van der Waals surface area contributed by atoms with Crippen molar-refractivity contribution in [1.29, 1.82) is 0 Å². The van der Waals surface area contributed by atoms with Crippen molar-refractivity contribution in [3.05, 3.63) is 81.1 Å². The molecule has 0 spiro atoms. The largest absolute Gasteiger partial charge is 0.332 e. The molecule has 0 N–H and O–H groups in total. The number of aromatic nitrogens is 3. The zero-order valence-corrected chi connectivity index (χ0v) is 18.0. The molecular weight excluding hydrogens is 426 g/mol. The Bertz CT molecular complexity index is 1070. The first kappa shape index (κ1) is 20.8. The van der Waals surface area contributed by atoms with Gasteiger partial charge in [0.1, 0.15) is 11.6 Å². The van der Waals surface area contributed by atoms with Gasteiger partial charge in [-0.25, -0.2) is 4.39 Å². The molecule has 4 rings (SSSR count). The van der Waals surface area contributed by atoms with Crippen LogP contribution in [0.3, 0.4) is 0 Å². The fourth-order valence-corrected chi connectivity index (χ4v) is 4.16. The Hall–Kier alpha value is -2.44. The van der Waals surface area contributed by atoms with Gasteiger partial charge in [-0.15, -0.1) is 10.2 Å². The first-order valence-corrected chi connectivity index (χ1v) is 10.6. The lowest BCUT2D eigenvalue weighted by molar-refractivity contribution is -0.131. The van der Waals surface area contributed by atoms with E-state index in [0.29, 0.717) is 28.7 Å². The molecular formula is C22H21Cl2FN4O. The number of rotatable bonds is 5. The number of carbonyl (C=O) groups excluding carboxylic acids is 1. The van der Waals surface area contributed by atoms with Crippen LogP contribution in [-0.2, 0) is 17.8 Å². The van der Waals surface area contributed by atoms with E-state index in [4.69, 9.17) is 23.2 Å². The van der Waals surface area contributed by atoms with Gasteiger partial charge in [0.15, 0.2) is 5.82 Å². The van der Waals surface area contributed by atoms with Crippen LogP contribution in [0.15, 0.2) is 42.5 Å². The van der Waals surface area contributed by atoms with E-state index in [0.717, 1.165) is 30.1 Å². The Kier molecular flexibility index (Phi) is 6.06. The molecule has 0 aliphatic carbocycles. The highest BCUT2D eigenvalue weighted by Crippen LogP contribution is 2.32. The lowest BCUT2D eigenvalue weighted by Crippen LogP contribution is -2.33. The molecule has 3 aromatic rings. The minimum absolute atomic E-state index is 0.0101. The molecule has 156 valence electrons. The molecule has 1 saturated heterocycles. The smallest absolute Gasteiger partial charge is 0.227 e. The predicted molar refractivity (Wildman–Crippen MR) is 114 cm³/mol. The zero-order valence-electron chi connectivity index (χ0n) is 16.5. The highest BCUT2D eigenvalue weighted by atomic mass is 35.5. The van der Waals surface area contributed by atoms with Gasteiger partial charge in [0.2, 0.25) is 5.91 Å². The molecule has 0 bridgehead atoms. The van der Waals surface area contributed by atoms with Crippen LogP contribution in [0, 0.1) is 12.7 Å². The number of nitrogens with zero attached hydrogens (tertiary/aromatic N) is 4. The van der Waals surface area contributed by atoms with E-state index in [9.17, 15) is 9.18 Å². The third-order valence-electron chi connectivity index (χ3n) is 5.45. The summed E-state index contributed by atoms with van der Waals surface area (Å²) >= 11 is 11.8. The third kappa shape index (κ3) is 4.35. The zero-order chi connectivity index (χ0) is 21.3. The van der Waals surface area contributed by atoms with E-state index >= 15 is 0 Å². The monoisotopic (exact) mass is 446 g/mol. The molecule has 2 aromatic carbocycles. The average Bonchev–Trinajstić information content (AvgIpc) is 3.33. The lowest BCUT2D eigenvalue weighted by atomic mass is 10.1. The van der Waals surface area contributed by atoms with Crippen molar-refractivity contribution in [2.45, 2.75) is 38.8 Å². The summed E-state index contributed by atoms with van der Waals surface area (Å²) in [6.07, 6.45) is 1.66. The number of benzene rings is 2. The van der Waals surface area contributed by atoms with E-state index in [2.05, 4.69) is 10.2 Å². The highest BCUT2D eigenvalue weighted by Gasteiger charge is 2.34.